The van der Waals surface area contributed by atoms with Crippen LogP contribution in [0.4, 0.5) is 0 Å². The van der Waals surface area contributed by atoms with Gasteiger partial charge in [-0.1, -0.05) is 36.4 Å². The van der Waals surface area contributed by atoms with Gasteiger partial charge in [-0.15, -0.1) is 0 Å². The van der Waals surface area contributed by atoms with Gasteiger partial charge in [0.25, 0.3) is 0 Å². The lowest BCUT2D eigenvalue weighted by atomic mass is 10.1. The first-order chi connectivity index (χ1) is 12.7. The van der Waals surface area contributed by atoms with E-state index in [1.807, 2.05) is 0 Å². The predicted molar refractivity (Wildman–Crippen MR) is 107 cm³/mol. The molecule has 0 aliphatic heterocycles. The molecule has 0 bridgehead atoms. The Bertz CT molecular complexity index is 959. The number of hydrogen-bond acceptors (Lipinski definition) is 0. The van der Waals surface area contributed by atoms with Crippen LogP contribution in [0.5, 0.6) is 0 Å². The van der Waals surface area contributed by atoms with Crippen molar-refractivity contribution in [3.05, 3.63) is 85.5 Å². The Hall–Kier alpha value is -2.26. The van der Waals surface area contributed by atoms with Crippen molar-refractivity contribution in [3.63, 3.8) is 0 Å². The third-order valence-corrected chi connectivity index (χ3v) is 5.44. The van der Waals surface area contributed by atoms with Crippen molar-refractivity contribution >= 4 is 21.5 Å². The summed E-state index contributed by atoms with van der Waals surface area (Å²) in [7, 11) is 0. The molecule has 0 saturated carbocycles. The Morgan fingerprint density at radius 3 is 1.37 bits per heavy atom. The normalized spacial score (nSPS) is 13.3. The van der Waals surface area contributed by atoms with E-state index in [0.29, 0.717) is 12.1 Å². The fraction of sp³-hybridized carbons (Fsp3) is 0.250. The van der Waals surface area contributed by atoms with E-state index in [4.69, 9.17) is 0 Å². The summed E-state index contributed by atoms with van der Waals surface area (Å²) >= 11 is 0. The maximum Gasteiger partial charge on any atom is 0.176 e. The van der Waals surface area contributed by atoms with Gasteiger partial charge in [0.1, 0.15) is 0 Å². The summed E-state index contributed by atoms with van der Waals surface area (Å²) in [5.74, 6) is 0. The van der Waals surface area contributed by atoms with Gasteiger partial charge in [0.05, 0.1) is 0 Å². The van der Waals surface area contributed by atoms with E-state index < -0.39 is 0 Å². The van der Waals surface area contributed by atoms with Crippen LogP contribution in [0.15, 0.2) is 85.5 Å². The smallest absolute Gasteiger partial charge is 0.176 e. The van der Waals surface area contributed by atoms with Gasteiger partial charge in [-0.2, -0.15) is 0 Å². The molecular weight excluding hydrogens is 396 g/mol. The fourth-order valence-electron chi connectivity index (χ4n) is 3.63. The monoisotopic (exact) mass is 421 g/mol. The first-order valence-corrected chi connectivity index (χ1v) is 9.50. The van der Waals surface area contributed by atoms with E-state index in [1.165, 1.54) is 21.5 Å². The molecule has 0 amide bonds. The largest absolute Gasteiger partial charge is 1.00 e. The molecule has 4 rings (SSSR count). The first kappa shape index (κ1) is 19.5. The summed E-state index contributed by atoms with van der Waals surface area (Å²) in [6, 6.07) is 22.5. The average Bonchev–Trinajstić information content (AvgIpc) is 2.71. The van der Waals surface area contributed by atoms with Crippen LogP contribution in [-0.2, 0) is 0 Å². The van der Waals surface area contributed by atoms with Crippen LogP contribution in [0.1, 0.15) is 38.8 Å². The van der Waals surface area contributed by atoms with Crippen LogP contribution in [0.2, 0.25) is 0 Å². The van der Waals surface area contributed by atoms with Crippen LogP contribution in [0, 0.1) is 0 Å². The number of benzene rings is 2. The Labute approximate surface area is 171 Å². The average molecular weight is 422 g/mol. The molecule has 0 aliphatic rings. The van der Waals surface area contributed by atoms with Gasteiger partial charge in [-0.25, -0.2) is 9.13 Å². The number of pyridine rings is 2. The Morgan fingerprint density at radius 1 is 0.593 bits per heavy atom. The van der Waals surface area contributed by atoms with Crippen molar-refractivity contribution in [3.8, 4) is 0 Å². The van der Waals surface area contributed by atoms with Gasteiger partial charge < -0.3 is 17.0 Å². The highest BCUT2D eigenvalue weighted by Crippen LogP contribution is 2.17. The molecule has 2 aromatic heterocycles. The quantitative estimate of drug-likeness (QED) is 0.436. The zero-order valence-corrected chi connectivity index (χ0v) is 17.5. The van der Waals surface area contributed by atoms with Crippen molar-refractivity contribution in [1.29, 1.82) is 0 Å². The van der Waals surface area contributed by atoms with E-state index in [-0.39, 0.29) is 17.0 Å². The second-order valence-electron chi connectivity index (χ2n) is 7.32. The number of rotatable bonds is 5. The molecule has 0 radical (unpaired) electrons. The highest BCUT2D eigenvalue weighted by molar-refractivity contribution is 5.80. The molecule has 2 aromatic carbocycles. The minimum atomic E-state index is 0. The molecule has 138 valence electrons. The van der Waals surface area contributed by atoms with Crippen LogP contribution < -0.4 is 26.1 Å². The van der Waals surface area contributed by atoms with Crippen molar-refractivity contribution in [2.45, 2.75) is 38.8 Å². The molecule has 0 saturated heterocycles. The van der Waals surface area contributed by atoms with Gasteiger partial charge in [0.2, 0.25) is 0 Å². The summed E-state index contributed by atoms with van der Waals surface area (Å²) in [6.07, 6.45) is 11.3. The third kappa shape index (κ3) is 4.36. The van der Waals surface area contributed by atoms with Crippen molar-refractivity contribution in [2.24, 2.45) is 0 Å². The number of aromatic nitrogens is 2. The van der Waals surface area contributed by atoms with Gasteiger partial charge in [0, 0.05) is 35.7 Å². The van der Waals surface area contributed by atoms with E-state index in [2.05, 4.69) is 108 Å². The molecule has 27 heavy (non-hydrogen) atoms. The summed E-state index contributed by atoms with van der Waals surface area (Å²) in [5, 5.41) is 5.21. The zero-order valence-electron chi connectivity index (χ0n) is 15.9. The van der Waals surface area contributed by atoms with Crippen LogP contribution in [0.3, 0.4) is 0 Å². The van der Waals surface area contributed by atoms with E-state index >= 15 is 0 Å². The molecule has 0 aliphatic carbocycles. The van der Waals surface area contributed by atoms with Crippen molar-refractivity contribution in [2.75, 3.05) is 0 Å². The molecular formula is C24H26BrN2+. The van der Waals surface area contributed by atoms with Gasteiger partial charge in [-0.05, 0) is 36.8 Å². The highest BCUT2D eigenvalue weighted by Gasteiger charge is 2.19. The number of hydrogen-bond donors (Lipinski definition) is 0. The Morgan fingerprint density at radius 2 is 0.963 bits per heavy atom. The Kier molecular flexibility index (Phi) is 6.22. The molecule has 0 fully saturated rings. The van der Waals surface area contributed by atoms with Gasteiger partial charge in [-0.3, -0.25) is 0 Å². The minimum absolute atomic E-state index is 0. The van der Waals surface area contributed by atoms with E-state index in [0.717, 1.165) is 12.8 Å². The minimum Gasteiger partial charge on any atom is -1.00 e. The fourth-order valence-corrected chi connectivity index (χ4v) is 3.63. The second-order valence-corrected chi connectivity index (χ2v) is 7.32. The lowest BCUT2D eigenvalue weighted by Crippen LogP contribution is -3.00. The molecule has 2 atom stereocenters. The first-order valence-electron chi connectivity index (χ1n) is 9.50. The van der Waals surface area contributed by atoms with Crippen molar-refractivity contribution in [1.82, 2.24) is 0 Å². The molecule has 4 aromatic rings. The number of nitrogens with zero attached hydrogens (tertiary/aromatic N) is 2. The Balaban J connectivity index is 0.00000210. The van der Waals surface area contributed by atoms with Gasteiger partial charge >= 0.3 is 0 Å². The van der Waals surface area contributed by atoms with Crippen LogP contribution >= 0.6 is 0 Å². The number of halogens is 1. The summed E-state index contributed by atoms with van der Waals surface area (Å²) in [6.45, 7) is 4.62. The van der Waals surface area contributed by atoms with Crippen LogP contribution in [0.25, 0.3) is 21.5 Å². The van der Waals surface area contributed by atoms with Crippen molar-refractivity contribution < 1.29 is 26.1 Å². The topological polar surface area (TPSA) is 7.76 Å². The van der Waals surface area contributed by atoms with E-state index in [1.54, 1.807) is 0 Å². The van der Waals surface area contributed by atoms with Gasteiger partial charge in [0.15, 0.2) is 36.9 Å². The molecule has 2 heterocycles. The molecule has 0 spiro atoms. The standard InChI is InChI=1S/C24H26N2.BrH/c1-19(25-15-13-21-7-3-5-9-23(21)17-25)11-12-20(2)26-16-14-22-8-4-6-10-24(22)18-26;/h3-10,13-20H,11-12H2,1-2H3;1H/q+2;/p-1. The maximum absolute atomic E-state index is 2.35. The SMILES string of the molecule is CC(CCC(C)[n+]1ccc2ccccc2c1)[n+]1ccc2ccccc2c1.[Br-]. The molecule has 2 nitrogen and oxygen atoms in total. The lowest BCUT2D eigenvalue weighted by Gasteiger charge is -2.11. The molecule has 2 unspecified atom stereocenters. The third-order valence-electron chi connectivity index (χ3n) is 5.44. The highest BCUT2D eigenvalue weighted by atomic mass is 79.9. The second kappa shape index (κ2) is 8.62. The summed E-state index contributed by atoms with van der Waals surface area (Å²) in [4.78, 5) is 0. The molecule has 3 heteroatoms. The zero-order chi connectivity index (χ0) is 17.9. The van der Waals surface area contributed by atoms with Crippen LogP contribution in [-0.4, -0.2) is 0 Å². The predicted octanol–water partition coefficient (Wildman–Crippen LogP) is 2.17. The van der Waals surface area contributed by atoms with E-state index in [9.17, 15) is 0 Å². The number of fused-ring (bicyclic) bond motifs is 2. The maximum atomic E-state index is 2.35. The summed E-state index contributed by atoms with van der Waals surface area (Å²) < 4.78 is 4.69. The lowest BCUT2D eigenvalue weighted by molar-refractivity contribution is -0.731. The summed E-state index contributed by atoms with van der Waals surface area (Å²) in [5.41, 5.74) is 0. The molecule has 0 N–H and O–H groups in total.